The van der Waals surface area contributed by atoms with Crippen molar-refractivity contribution in [3.05, 3.63) is 51.1 Å². The van der Waals surface area contributed by atoms with E-state index in [1.54, 1.807) is 24.4 Å². The van der Waals surface area contributed by atoms with E-state index in [-0.39, 0.29) is 23.6 Å². The zero-order valence-electron chi connectivity index (χ0n) is 9.25. The van der Waals surface area contributed by atoms with Gasteiger partial charge in [-0.05, 0) is 23.6 Å². The van der Waals surface area contributed by atoms with Crippen molar-refractivity contribution in [1.82, 2.24) is 4.57 Å². The molecule has 0 saturated heterocycles. The fourth-order valence-corrected chi connectivity index (χ4v) is 2.12. The number of aromatic nitrogens is 1. The van der Waals surface area contributed by atoms with Gasteiger partial charge in [-0.1, -0.05) is 6.07 Å². The Balaban J connectivity index is 2.25. The molecule has 17 heavy (non-hydrogen) atoms. The molecule has 2 rings (SSSR count). The molecule has 88 valence electrons. The summed E-state index contributed by atoms with van der Waals surface area (Å²) in [6.45, 7) is 0.0382. The van der Waals surface area contributed by atoms with Crippen molar-refractivity contribution in [3.63, 3.8) is 0 Å². The summed E-state index contributed by atoms with van der Waals surface area (Å²) >= 11 is 1.37. The van der Waals surface area contributed by atoms with Gasteiger partial charge in [-0.15, -0.1) is 11.3 Å². The number of nitrogens with zero attached hydrogens (tertiary/aromatic N) is 1. The Bertz CT molecular complexity index is 572. The van der Waals surface area contributed by atoms with Crippen LogP contribution >= 0.6 is 11.3 Å². The van der Waals surface area contributed by atoms with E-state index < -0.39 is 0 Å². The summed E-state index contributed by atoms with van der Waals surface area (Å²) in [4.78, 5) is 24.3. The summed E-state index contributed by atoms with van der Waals surface area (Å²) in [5.41, 5.74) is -0.292. The van der Waals surface area contributed by atoms with Gasteiger partial charge in [0, 0.05) is 6.20 Å². The zero-order valence-corrected chi connectivity index (χ0v) is 10.1. The van der Waals surface area contributed by atoms with Crippen LogP contribution in [0.4, 0.5) is 0 Å². The van der Waals surface area contributed by atoms with Crippen LogP contribution in [0.1, 0.15) is 9.67 Å². The predicted octanol–water partition coefficient (Wildman–Crippen LogP) is 1.80. The number of ether oxygens (including phenoxy) is 1. The number of pyridine rings is 1. The average Bonchev–Trinajstić information content (AvgIpc) is 2.85. The summed E-state index contributed by atoms with van der Waals surface area (Å²) in [6, 6.07) is 6.82. The van der Waals surface area contributed by atoms with Gasteiger partial charge in [-0.3, -0.25) is 9.59 Å². The molecule has 0 aliphatic carbocycles. The first kappa shape index (κ1) is 11.6. The number of ketones is 1. The second-order valence-electron chi connectivity index (χ2n) is 3.41. The molecule has 0 atom stereocenters. The van der Waals surface area contributed by atoms with Gasteiger partial charge in [-0.25, -0.2) is 0 Å². The Hall–Kier alpha value is -1.88. The molecule has 0 aliphatic rings. The van der Waals surface area contributed by atoms with E-state index in [2.05, 4.69) is 0 Å². The molecule has 0 aromatic carbocycles. The van der Waals surface area contributed by atoms with Crippen LogP contribution in [-0.4, -0.2) is 17.5 Å². The van der Waals surface area contributed by atoms with E-state index in [0.29, 0.717) is 4.88 Å². The van der Waals surface area contributed by atoms with Gasteiger partial charge in [0.05, 0.1) is 18.5 Å². The SMILES string of the molecule is COc1cccn(CC(=O)c2cccs2)c1=O. The number of carbonyl (C=O) groups is 1. The first-order chi connectivity index (χ1) is 8.22. The van der Waals surface area contributed by atoms with E-state index in [1.165, 1.54) is 23.0 Å². The van der Waals surface area contributed by atoms with Crippen LogP contribution in [0.5, 0.6) is 5.75 Å². The minimum atomic E-state index is -0.292. The second-order valence-corrected chi connectivity index (χ2v) is 4.36. The third kappa shape index (κ3) is 2.45. The number of hydrogen-bond donors (Lipinski definition) is 0. The van der Waals surface area contributed by atoms with Gasteiger partial charge in [-0.2, -0.15) is 0 Å². The van der Waals surface area contributed by atoms with E-state index >= 15 is 0 Å². The first-order valence-corrected chi connectivity index (χ1v) is 5.90. The van der Waals surface area contributed by atoms with Crippen LogP contribution in [0.3, 0.4) is 0 Å². The van der Waals surface area contributed by atoms with Crippen LogP contribution in [-0.2, 0) is 6.54 Å². The van der Waals surface area contributed by atoms with Crippen LogP contribution in [0, 0.1) is 0 Å². The molecule has 0 unspecified atom stereocenters. The quantitative estimate of drug-likeness (QED) is 0.776. The Morgan fingerprint density at radius 2 is 2.24 bits per heavy atom. The summed E-state index contributed by atoms with van der Waals surface area (Å²) < 4.78 is 6.26. The second kappa shape index (κ2) is 4.97. The van der Waals surface area contributed by atoms with Crippen molar-refractivity contribution in [2.75, 3.05) is 7.11 Å². The molecule has 0 bridgehead atoms. The standard InChI is InChI=1S/C12H11NO3S/c1-16-10-4-2-6-13(12(10)15)8-9(14)11-5-3-7-17-11/h2-7H,8H2,1H3. The molecule has 0 radical (unpaired) electrons. The number of Topliss-reactive ketones (excluding diaryl/α,β-unsaturated/α-hetero) is 1. The van der Waals surface area contributed by atoms with Gasteiger partial charge in [0.15, 0.2) is 11.5 Å². The van der Waals surface area contributed by atoms with Gasteiger partial charge in [0.25, 0.3) is 5.56 Å². The zero-order chi connectivity index (χ0) is 12.3. The molecule has 2 aromatic heterocycles. The Morgan fingerprint density at radius 3 is 2.88 bits per heavy atom. The molecular weight excluding hydrogens is 238 g/mol. The largest absolute Gasteiger partial charge is 0.491 e. The lowest BCUT2D eigenvalue weighted by molar-refractivity contribution is 0.0974. The van der Waals surface area contributed by atoms with Crippen molar-refractivity contribution in [2.45, 2.75) is 6.54 Å². The summed E-state index contributed by atoms with van der Waals surface area (Å²) in [7, 11) is 1.43. The van der Waals surface area contributed by atoms with Gasteiger partial charge in [0.1, 0.15) is 0 Å². The first-order valence-electron chi connectivity index (χ1n) is 5.02. The highest BCUT2D eigenvalue weighted by Gasteiger charge is 2.10. The molecule has 2 aromatic rings. The summed E-state index contributed by atoms with van der Waals surface area (Å²) in [5.74, 6) is 0.168. The minimum absolute atomic E-state index is 0.0382. The highest BCUT2D eigenvalue weighted by atomic mass is 32.1. The molecule has 0 spiro atoms. The van der Waals surface area contributed by atoms with Crippen molar-refractivity contribution < 1.29 is 9.53 Å². The summed E-state index contributed by atoms with van der Waals surface area (Å²) in [5, 5.41) is 1.83. The van der Waals surface area contributed by atoms with Crippen molar-refractivity contribution >= 4 is 17.1 Å². The van der Waals surface area contributed by atoms with Crippen molar-refractivity contribution in [3.8, 4) is 5.75 Å². The van der Waals surface area contributed by atoms with Crippen molar-refractivity contribution in [2.24, 2.45) is 0 Å². The molecule has 0 N–H and O–H groups in total. The lowest BCUT2D eigenvalue weighted by Crippen LogP contribution is -2.24. The third-order valence-corrected chi connectivity index (χ3v) is 3.23. The maximum atomic E-state index is 11.8. The molecule has 0 fully saturated rings. The number of carbonyl (C=O) groups excluding carboxylic acids is 1. The third-order valence-electron chi connectivity index (χ3n) is 2.32. The molecular formula is C12H11NO3S. The Labute approximate surface area is 102 Å². The van der Waals surface area contributed by atoms with Crippen LogP contribution in [0.2, 0.25) is 0 Å². The fourth-order valence-electron chi connectivity index (χ4n) is 1.46. The topological polar surface area (TPSA) is 48.3 Å². The fraction of sp³-hybridized carbons (Fsp3) is 0.167. The highest BCUT2D eigenvalue weighted by Crippen LogP contribution is 2.10. The average molecular weight is 249 g/mol. The van der Waals surface area contributed by atoms with E-state index in [4.69, 9.17) is 4.74 Å². The van der Waals surface area contributed by atoms with Gasteiger partial charge < -0.3 is 9.30 Å². The monoisotopic (exact) mass is 249 g/mol. The van der Waals surface area contributed by atoms with Crippen LogP contribution < -0.4 is 10.3 Å². The number of hydrogen-bond acceptors (Lipinski definition) is 4. The highest BCUT2D eigenvalue weighted by molar-refractivity contribution is 7.12. The number of methoxy groups -OCH3 is 1. The normalized spacial score (nSPS) is 10.2. The number of thiophene rings is 1. The Morgan fingerprint density at radius 1 is 1.41 bits per heavy atom. The number of rotatable bonds is 4. The molecule has 0 aliphatic heterocycles. The molecule has 0 amide bonds. The van der Waals surface area contributed by atoms with Gasteiger partial charge >= 0.3 is 0 Å². The maximum Gasteiger partial charge on any atom is 0.293 e. The molecule has 0 saturated carbocycles. The predicted molar refractivity (Wildman–Crippen MR) is 65.9 cm³/mol. The van der Waals surface area contributed by atoms with E-state index in [0.717, 1.165) is 0 Å². The smallest absolute Gasteiger partial charge is 0.293 e. The molecule has 2 heterocycles. The van der Waals surface area contributed by atoms with E-state index in [9.17, 15) is 9.59 Å². The lowest BCUT2D eigenvalue weighted by atomic mass is 10.3. The maximum absolute atomic E-state index is 11.8. The molecule has 4 nitrogen and oxygen atoms in total. The molecule has 5 heteroatoms. The van der Waals surface area contributed by atoms with E-state index in [1.807, 2.05) is 11.4 Å². The van der Waals surface area contributed by atoms with Crippen LogP contribution in [0.25, 0.3) is 0 Å². The minimum Gasteiger partial charge on any atom is -0.491 e. The van der Waals surface area contributed by atoms with Crippen molar-refractivity contribution in [1.29, 1.82) is 0 Å². The summed E-state index contributed by atoms with van der Waals surface area (Å²) in [6.07, 6.45) is 1.58. The Kier molecular flexibility index (Phi) is 3.39. The lowest BCUT2D eigenvalue weighted by Gasteiger charge is -2.05. The van der Waals surface area contributed by atoms with Gasteiger partial charge in [0.2, 0.25) is 0 Å². The van der Waals surface area contributed by atoms with Crippen LogP contribution in [0.15, 0.2) is 40.6 Å².